The van der Waals surface area contributed by atoms with Crippen LogP contribution in [0.3, 0.4) is 0 Å². The van der Waals surface area contributed by atoms with Crippen LogP contribution in [-0.2, 0) is 4.79 Å². The van der Waals surface area contributed by atoms with Gasteiger partial charge in [0.05, 0.1) is 5.69 Å². The zero-order valence-electron chi connectivity index (χ0n) is 10.8. The van der Waals surface area contributed by atoms with E-state index in [0.717, 1.165) is 23.9 Å². The Hall–Kier alpha value is -1.62. The number of alkyl halides is 1. The van der Waals surface area contributed by atoms with Crippen LogP contribution in [0.4, 0.5) is 4.39 Å². The first-order chi connectivity index (χ1) is 9.69. The molecule has 1 aliphatic heterocycles. The first-order valence-electron chi connectivity index (χ1n) is 6.57. The molecular formula is C14H14ClFN2O2. The second kappa shape index (κ2) is 5.40. The SMILES string of the molecule is O=C(CCl)N1CCC(c2noc3cc(F)ccc23)CC1. The number of nitrogens with zero attached hydrogens (tertiary/aromatic N) is 2. The number of carbonyl (C=O) groups is 1. The van der Waals surface area contributed by atoms with Gasteiger partial charge in [0, 0.05) is 30.5 Å². The minimum atomic E-state index is -0.331. The van der Waals surface area contributed by atoms with Gasteiger partial charge >= 0.3 is 0 Å². The van der Waals surface area contributed by atoms with Crippen molar-refractivity contribution < 1.29 is 13.7 Å². The average molecular weight is 297 g/mol. The highest BCUT2D eigenvalue weighted by atomic mass is 35.5. The predicted molar refractivity (Wildman–Crippen MR) is 73.2 cm³/mol. The lowest BCUT2D eigenvalue weighted by atomic mass is 9.91. The molecule has 3 rings (SSSR count). The third-order valence-corrected chi connectivity index (χ3v) is 4.04. The van der Waals surface area contributed by atoms with Gasteiger partial charge in [0.15, 0.2) is 5.58 Å². The van der Waals surface area contributed by atoms with E-state index < -0.39 is 0 Å². The summed E-state index contributed by atoms with van der Waals surface area (Å²) in [5.74, 6) is -0.0994. The van der Waals surface area contributed by atoms with Crippen LogP contribution in [0.15, 0.2) is 22.7 Å². The Morgan fingerprint density at radius 1 is 1.45 bits per heavy atom. The Labute approximate surface area is 120 Å². The minimum absolute atomic E-state index is 0.0246. The van der Waals surface area contributed by atoms with E-state index in [9.17, 15) is 9.18 Å². The van der Waals surface area contributed by atoms with Crippen molar-refractivity contribution in [2.24, 2.45) is 0 Å². The van der Waals surface area contributed by atoms with Crippen LogP contribution in [0.25, 0.3) is 11.0 Å². The molecule has 1 aromatic carbocycles. The average Bonchev–Trinajstić information content (AvgIpc) is 2.89. The van der Waals surface area contributed by atoms with Crippen molar-refractivity contribution in [3.8, 4) is 0 Å². The summed E-state index contributed by atoms with van der Waals surface area (Å²) >= 11 is 5.56. The van der Waals surface area contributed by atoms with Gasteiger partial charge in [-0.3, -0.25) is 4.79 Å². The minimum Gasteiger partial charge on any atom is -0.356 e. The highest BCUT2D eigenvalue weighted by Crippen LogP contribution is 2.32. The quantitative estimate of drug-likeness (QED) is 0.801. The molecule has 1 amide bonds. The van der Waals surface area contributed by atoms with Crippen LogP contribution in [0.5, 0.6) is 0 Å². The third kappa shape index (κ3) is 2.38. The molecule has 6 heteroatoms. The number of benzene rings is 1. The van der Waals surface area contributed by atoms with Crippen LogP contribution in [0.1, 0.15) is 24.5 Å². The standard InChI is InChI=1S/C14H14ClFN2O2/c15-8-13(19)18-5-3-9(4-6-18)14-11-2-1-10(16)7-12(11)20-17-14/h1-2,7,9H,3-6,8H2. The first kappa shape index (κ1) is 13.4. The molecule has 1 aromatic heterocycles. The molecule has 1 fully saturated rings. The Morgan fingerprint density at radius 3 is 2.90 bits per heavy atom. The van der Waals surface area contributed by atoms with Crippen molar-refractivity contribution in [1.29, 1.82) is 0 Å². The van der Waals surface area contributed by atoms with E-state index in [1.165, 1.54) is 12.1 Å². The highest BCUT2D eigenvalue weighted by Gasteiger charge is 2.26. The molecule has 0 unspecified atom stereocenters. The highest BCUT2D eigenvalue weighted by molar-refractivity contribution is 6.27. The van der Waals surface area contributed by atoms with Gasteiger partial charge in [-0.15, -0.1) is 11.6 Å². The topological polar surface area (TPSA) is 46.3 Å². The van der Waals surface area contributed by atoms with E-state index in [1.54, 1.807) is 11.0 Å². The fraction of sp³-hybridized carbons (Fsp3) is 0.429. The second-order valence-corrected chi connectivity index (χ2v) is 5.26. The van der Waals surface area contributed by atoms with Gasteiger partial charge in [0.2, 0.25) is 5.91 Å². The van der Waals surface area contributed by atoms with Crippen molar-refractivity contribution in [2.45, 2.75) is 18.8 Å². The molecule has 0 N–H and O–H groups in total. The number of halogens is 2. The van der Waals surface area contributed by atoms with Gasteiger partial charge in [-0.2, -0.15) is 0 Å². The summed E-state index contributed by atoms with van der Waals surface area (Å²) in [6.07, 6.45) is 1.64. The van der Waals surface area contributed by atoms with Crippen LogP contribution >= 0.6 is 11.6 Å². The van der Waals surface area contributed by atoms with Crippen molar-refractivity contribution in [3.05, 3.63) is 29.7 Å². The Balaban J connectivity index is 1.78. The van der Waals surface area contributed by atoms with E-state index in [4.69, 9.17) is 16.1 Å². The molecule has 0 aliphatic carbocycles. The van der Waals surface area contributed by atoms with Crippen LogP contribution in [0.2, 0.25) is 0 Å². The summed E-state index contributed by atoms with van der Waals surface area (Å²) in [5.41, 5.74) is 1.33. The molecule has 1 saturated heterocycles. The summed E-state index contributed by atoms with van der Waals surface area (Å²) in [6, 6.07) is 4.46. The van der Waals surface area contributed by atoms with Gasteiger partial charge in [-0.1, -0.05) is 5.16 Å². The maximum Gasteiger partial charge on any atom is 0.237 e. The monoisotopic (exact) mass is 296 g/mol. The number of aromatic nitrogens is 1. The molecule has 0 spiro atoms. The Kier molecular flexibility index (Phi) is 3.61. The lowest BCUT2D eigenvalue weighted by molar-refractivity contribution is -0.129. The molecule has 2 heterocycles. The van der Waals surface area contributed by atoms with Gasteiger partial charge in [-0.05, 0) is 25.0 Å². The molecule has 0 bridgehead atoms. The van der Waals surface area contributed by atoms with Crippen molar-refractivity contribution in [3.63, 3.8) is 0 Å². The van der Waals surface area contributed by atoms with Gasteiger partial charge in [0.1, 0.15) is 11.7 Å². The largest absolute Gasteiger partial charge is 0.356 e. The zero-order valence-corrected chi connectivity index (χ0v) is 11.6. The molecule has 4 nitrogen and oxygen atoms in total. The number of likely N-dealkylation sites (tertiary alicyclic amines) is 1. The molecule has 0 radical (unpaired) electrons. The van der Waals surface area contributed by atoms with Crippen molar-refractivity contribution in [1.82, 2.24) is 10.1 Å². The second-order valence-electron chi connectivity index (χ2n) is 5.00. The first-order valence-corrected chi connectivity index (χ1v) is 7.11. The fourth-order valence-corrected chi connectivity index (χ4v) is 2.88. The number of hydrogen-bond acceptors (Lipinski definition) is 3. The number of rotatable bonds is 2. The molecule has 20 heavy (non-hydrogen) atoms. The van der Waals surface area contributed by atoms with E-state index >= 15 is 0 Å². The molecule has 106 valence electrons. The van der Waals surface area contributed by atoms with Gasteiger partial charge in [-0.25, -0.2) is 4.39 Å². The van der Waals surface area contributed by atoms with Gasteiger partial charge in [0.25, 0.3) is 0 Å². The Bertz CT molecular complexity index is 635. The summed E-state index contributed by atoms with van der Waals surface area (Å²) in [6.45, 7) is 1.34. The lowest BCUT2D eigenvalue weighted by Gasteiger charge is -2.30. The van der Waals surface area contributed by atoms with Crippen LogP contribution < -0.4 is 0 Å². The van der Waals surface area contributed by atoms with Crippen LogP contribution in [0, 0.1) is 5.82 Å². The molecule has 0 saturated carbocycles. The predicted octanol–water partition coefficient (Wildman–Crippen LogP) is 2.91. The summed E-state index contributed by atoms with van der Waals surface area (Å²) in [4.78, 5) is 13.3. The van der Waals surface area contributed by atoms with Crippen molar-refractivity contribution in [2.75, 3.05) is 19.0 Å². The molecule has 1 aliphatic rings. The maximum atomic E-state index is 13.1. The van der Waals surface area contributed by atoms with E-state index in [0.29, 0.717) is 18.7 Å². The van der Waals surface area contributed by atoms with Gasteiger partial charge < -0.3 is 9.42 Å². The number of fused-ring (bicyclic) bond motifs is 1. The fourth-order valence-electron chi connectivity index (χ4n) is 2.71. The normalized spacial score (nSPS) is 16.8. The number of carbonyl (C=O) groups excluding carboxylic acids is 1. The molecular weight excluding hydrogens is 283 g/mol. The summed E-state index contributed by atoms with van der Waals surface area (Å²) in [7, 11) is 0. The third-order valence-electron chi connectivity index (χ3n) is 3.81. The number of hydrogen-bond donors (Lipinski definition) is 0. The molecule has 2 aromatic rings. The molecule has 0 atom stereocenters. The Morgan fingerprint density at radius 2 is 2.20 bits per heavy atom. The van der Waals surface area contributed by atoms with E-state index in [2.05, 4.69) is 5.16 Å². The zero-order chi connectivity index (χ0) is 14.1. The van der Waals surface area contributed by atoms with Crippen LogP contribution in [-0.4, -0.2) is 34.9 Å². The van der Waals surface area contributed by atoms with Crippen molar-refractivity contribution >= 4 is 28.5 Å². The maximum absolute atomic E-state index is 13.1. The number of piperidine rings is 1. The smallest absolute Gasteiger partial charge is 0.237 e. The number of amides is 1. The lowest BCUT2D eigenvalue weighted by Crippen LogP contribution is -2.38. The van der Waals surface area contributed by atoms with E-state index in [-0.39, 0.29) is 23.5 Å². The van der Waals surface area contributed by atoms with E-state index in [1.807, 2.05) is 0 Å². The summed E-state index contributed by atoms with van der Waals surface area (Å²) in [5, 5.41) is 4.93. The summed E-state index contributed by atoms with van der Waals surface area (Å²) < 4.78 is 18.3.